The molecule has 0 aliphatic carbocycles. The Hall–Kier alpha value is -3.13. The van der Waals surface area contributed by atoms with Crippen LogP contribution in [0.3, 0.4) is 0 Å². The van der Waals surface area contributed by atoms with E-state index in [4.69, 9.17) is 4.42 Å². The van der Waals surface area contributed by atoms with Crippen LogP contribution in [0, 0.1) is 0 Å². The van der Waals surface area contributed by atoms with Crippen molar-refractivity contribution < 1.29 is 4.42 Å². The molecule has 2 heterocycles. The summed E-state index contributed by atoms with van der Waals surface area (Å²) in [7, 11) is 0. The van der Waals surface area contributed by atoms with E-state index in [9.17, 15) is 0 Å². The van der Waals surface area contributed by atoms with E-state index >= 15 is 0 Å². The van der Waals surface area contributed by atoms with Gasteiger partial charge < -0.3 is 4.42 Å². The van der Waals surface area contributed by atoms with Crippen LogP contribution in [0.1, 0.15) is 24.1 Å². The lowest BCUT2D eigenvalue weighted by molar-refractivity contribution is 0.631. The lowest BCUT2D eigenvalue weighted by Gasteiger charge is -2.06. The second kappa shape index (κ2) is 6.78. The quantitative estimate of drug-likeness (QED) is 0.439. The minimum Gasteiger partial charge on any atom is -0.456 e. The number of hydrogen-bond donors (Lipinski definition) is 0. The SMILES string of the molecule is CC(/C=C/c1ccccc1)c1ccc(-c2cc3ccccc3o2)cn1. The molecule has 1 atom stereocenters. The summed E-state index contributed by atoms with van der Waals surface area (Å²) in [5.74, 6) is 1.11. The number of pyridine rings is 1. The van der Waals surface area contributed by atoms with Crippen molar-refractivity contribution in [2.75, 3.05) is 0 Å². The van der Waals surface area contributed by atoms with Gasteiger partial charge in [0.15, 0.2) is 0 Å². The van der Waals surface area contributed by atoms with Gasteiger partial charge in [-0.15, -0.1) is 0 Å². The van der Waals surface area contributed by atoms with Crippen LogP contribution >= 0.6 is 0 Å². The Labute approximate surface area is 147 Å². The molecule has 0 amide bonds. The van der Waals surface area contributed by atoms with Crippen molar-refractivity contribution in [2.24, 2.45) is 0 Å². The average molecular weight is 325 g/mol. The number of para-hydroxylation sites is 1. The Morgan fingerprint density at radius 3 is 2.48 bits per heavy atom. The molecule has 2 aromatic carbocycles. The molecule has 0 radical (unpaired) electrons. The van der Waals surface area contributed by atoms with Gasteiger partial charge in [-0.1, -0.05) is 67.6 Å². The van der Waals surface area contributed by atoms with Crippen molar-refractivity contribution in [3.63, 3.8) is 0 Å². The van der Waals surface area contributed by atoms with Crippen molar-refractivity contribution in [1.29, 1.82) is 0 Å². The summed E-state index contributed by atoms with van der Waals surface area (Å²) >= 11 is 0. The molecule has 122 valence electrons. The molecule has 0 aliphatic rings. The van der Waals surface area contributed by atoms with Crippen LogP contribution in [0.15, 0.2) is 89.5 Å². The van der Waals surface area contributed by atoms with Crippen LogP contribution in [0.25, 0.3) is 28.4 Å². The maximum Gasteiger partial charge on any atom is 0.136 e. The van der Waals surface area contributed by atoms with E-state index in [2.05, 4.69) is 60.5 Å². The van der Waals surface area contributed by atoms with E-state index in [-0.39, 0.29) is 5.92 Å². The summed E-state index contributed by atoms with van der Waals surface area (Å²) < 4.78 is 5.91. The molecule has 25 heavy (non-hydrogen) atoms. The molecule has 1 unspecified atom stereocenters. The number of nitrogens with zero attached hydrogens (tertiary/aromatic N) is 1. The van der Waals surface area contributed by atoms with Crippen LogP contribution in [0.2, 0.25) is 0 Å². The van der Waals surface area contributed by atoms with Crippen LogP contribution in [0.4, 0.5) is 0 Å². The zero-order chi connectivity index (χ0) is 17.1. The summed E-state index contributed by atoms with van der Waals surface area (Å²) in [5.41, 5.74) is 4.15. The monoisotopic (exact) mass is 325 g/mol. The first-order chi connectivity index (χ1) is 12.3. The van der Waals surface area contributed by atoms with E-state index < -0.39 is 0 Å². The molecule has 0 aliphatic heterocycles. The third kappa shape index (κ3) is 3.38. The number of hydrogen-bond acceptors (Lipinski definition) is 2. The molecule has 2 aromatic heterocycles. The topological polar surface area (TPSA) is 26.0 Å². The summed E-state index contributed by atoms with van der Waals surface area (Å²) in [6.45, 7) is 2.16. The van der Waals surface area contributed by atoms with Crippen molar-refractivity contribution in [3.8, 4) is 11.3 Å². The van der Waals surface area contributed by atoms with Gasteiger partial charge >= 0.3 is 0 Å². The molecular formula is C23H19NO. The number of benzene rings is 2. The van der Waals surface area contributed by atoms with Gasteiger partial charge in [-0.3, -0.25) is 4.98 Å². The molecule has 2 heteroatoms. The number of aromatic nitrogens is 1. The maximum absolute atomic E-state index is 5.91. The van der Waals surface area contributed by atoms with Crippen LogP contribution in [0.5, 0.6) is 0 Å². The van der Waals surface area contributed by atoms with E-state index in [1.807, 2.05) is 42.6 Å². The molecular weight excluding hydrogens is 306 g/mol. The lowest BCUT2D eigenvalue weighted by atomic mass is 10.0. The molecule has 2 nitrogen and oxygen atoms in total. The molecule has 0 spiro atoms. The molecule has 0 bridgehead atoms. The van der Waals surface area contributed by atoms with E-state index in [1.54, 1.807) is 0 Å². The predicted octanol–water partition coefficient (Wildman–Crippen LogP) is 6.31. The van der Waals surface area contributed by atoms with E-state index in [1.165, 1.54) is 5.56 Å². The van der Waals surface area contributed by atoms with Crippen LogP contribution in [-0.4, -0.2) is 4.98 Å². The van der Waals surface area contributed by atoms with Crippen molar-refractivity contribution in [2.45, 2.75) is 12.8 Å². The first-order valence-corrected chi connectivity index (χ1v) is 8.48. The molecule has 4 aromatic rings. The van der Waals surface area contributed by atoms with Gasteiger partial charge in [-0.25, -0.2) is 0 Å². The third-order valence-corrected chi connectivity index (χ3v) is 4.34. The van der Waals surface area contributed by atoms with Gasteiger partial charge in [0.05, 0.1) is 0 Å². The van der Waals surface area contributed by atoms with Crippen LogP contribution in [-0.2, 0) is 0 Å². The molecule has 0 fully saturated rings. The largest absolute Gasteiger partial charge is 0.456 e. The highest BCUT2D eigenvalue weighted by Gasteiger charge is 2.08. The minimum atomic E-state index is 0.255. The Bertz CT molecular complexity index is 964. The second-order valence-corrected chi connectivity index (χ2v) is 6.18. The maximum atomic E-state index is 5.91. The van der Waals surface area contributed by atoms with Gasteiger partial charge in [0.1, 0.15) is 11.3 Å². The molecule has 0 N–H and O–H groups in total. The van der Waals surface area contributed by atoms with Gasteiger partial charge in [0.2, 0.25) is 0 Å². The predicted molar refractivity (Wildman–Crippen MR) is 103 cm³/mol. The highest BCUT2D eigenvalue weighted by atomic mass is 16.3. The third-order valence-electron chi connectivity index (χ3n) is 4.34. The number of allylic oxidation sites excluding steroid dienone is 1. The smallest absolute Gasteiger partial charge is 0.136 e. The second-order valence-electron chi connectivity index (χ2n) is 6.18. The average Bonchev–Trinajstić information content (AvgIpc) is 3.11. The van der Waals surface area contributed by atoms with E-state index in [0.29, 0.717) is 0 Å². The normalized spacial score (nSPS) is 12.7. The summed E-state index contributed by atoms with van der Waals surface area (Å²) in [4.78, 5) is 4.63. The first kappa shape index (κ1) is 15.4. The molecule has 4 rings (SSSR count). The van der Waals surface area contributed by atoms with Gasteiger partial charge in [0.25, 0.3) is 0 Å². The fourth-order valence-electron chi connectivity index (χ4n) is 2.86. The number of fused-ring (bicyclic) bond motifs is 1. The highest BCUT2D eigenvalue weighted by Crippen LogP contribution is 2.28. The summed E-state index contributed by atoms with van der Waals surface area (Å²) in [6.07, 6.45) is 6.21. The van der Waals surface area contributed by atoms with Crippen molar-refractivity contribution >= 4 is 17.0 Å². The Morgan fingerprint density at radius 1 is 0.920 bits per heavy atom. The fourth-order valence-corrected chi connectivity index (χ4v) is 2.86. The number of rotatable bonds is 4. The van der Waals surface area contributed by atoms with Crippen LogP contribution < -0.4 is 0 Å². The Morgan fingerprint density at radius 2 is 1.72 bits per heavy atom. The standard InChI is InChI=1S/C23H19NO/c1-17(11-12-18-7-3-2-4-8-18)21-14-13-20(16-24-21)23-15-19-9-5-6-10-22(19)25-23/h2-17H,1H3/b12-11+. The fraction of sp³-hybridized carbons (Fsp3) is 0.0870. The van der Waals surface area contributed by atoms with Gasteiger partial charge in [0, 0.05) is 28.8 Å². The van der Waals surface area contributed by atoms with Crippen molar-refractivity contribution in [1.82, 2.24) is 4.98 Å². The van der Waals surface area contributed by atoms with Crippen molar-refractivity contribution in [3.05, 3.63) is 96.3 Å². The van der Waals surface area contributed by atoms with Gasteiger partial charge in [-0.2, -0.15) is 0 Å². The minimum absolute atomic E-state index is 0.255. The zero-order valence-electron chi connectivity index (χ0n) is 14.1. The Kier molecular flexibility index (Phi) is 4.17. The van der Waals surface area contributed by atoms with E-state index in [0.717, 1.165) is 28.0 Å². The summed E-state index contributed by atoms with van der Waals surface area (Å²) in [5, 5.41) is 1.11. The zero-order valence-corrected chi connectivity index (χ0v) is 14.1. The molecule has 0 saturated heterocycles. The highest BCUT2D eigenvalue weighted by molar-refractivity contribution is 5.82. The summed E-state index contributed by atoms with van der Waals surface area (Å²) in [6, 6.07) is 24.6. The lowest BCUT2D eigenvalue weighted by Crippen LogP contribution is -1.93. The number of furan rings is 1. The first-order valence-electron chi connectivity index (χ1n) is 8.48. The Balaban J connectivity index is 1.54. The van der Waals surface area contributed by atoms with Gasteiger partial charge in [-0.05, 0) is 29.8 Å². The molecule has 0 saturated carbocycles.